The van der Waals surface area contributed by atoms with E-state index < -0.39 is 32.5 Å². The summed E-state index contributed by atoms with van der Waals surface area (Å²) in [7, 11) is -4.38. The molecule has 3 rings (SSSR count). The van der Waals surface area contributed by atoms with Gasteiger partial charge < -0.3 is 5.11 Å². The third-order valence-electron chi connectivity index (χ3n) is 3.51. The summed E-state index contributed by atoms with van der Waals surface area (Å²) in [5.41, 5.74) is -0.477. The van der Waals surface area contributed by atoms with Gasteiger partial charge >= 0.3 is 5.97 Å². The fourth-order valence-corrected chi connectivity index (χ4v) is 3.50. The van der Waals surface area contributed by atoms with Crippen LogP contribution in [0, 0.1) is 11.6 Å². The molecule has 0 atom stereocenters. The molecule has 25 heavy (non-hydrogen) atoms. The summed E-state index contributed by atoms with van der Waals surface area (Å²) in [6, 6.07) is 11.3. The van der Waals surface area contributed by atoms with Crippen LogP contribution in [0.15, 0.2) is 59.5 Å². The van der Waals surface area contributed by atoms with E-state index in [0.29, 0.717) is 29.0 Å². The normalized spacial score (nSPS) is 11.4. The van der Waals surface area contributed by atoms with Crippen molar-refractivity contribution in [3.63, 3.8) is 0 Å². The lowest BCUT2D eigenvalue weighted by molar-refractivity contribution is 0.0698. The Hall–Kier alpha value is -3.00. The van der Waals surface area contributed by atoms with Gasteiger partial charge in [-0.3, -0.25) is 4.72 Å². The van der Waals surface area contributed by atoms with E-state index in [4.69, 9.17) is 0 Å². The number of aromatic carboxylic acids is 1. The lowest BCUT2D eigenvalue weighted by Crippen LogP contribution is -2.16. The van der Waals surface area contributed by atoms with Crippen molar-refractivity contribution in [3.8, 4) is 0 Å². The number of carbonyl (C=O) groups is 1. The van der Waals surface area contributed by atoms with Gasteiger partial charge in [0.15, 0.2) is 0 Å². The van der Waals surface area contributed by atoms with Crippen molar-refractivity contribution < 1.29 is 27.1 Å². The van der Waals surface area contributed by atoms with Crippen LogP contribution >= 0.6 is 0 Å². The molecule has 128 valence electrons. The summed E-state index contributed by atoms with van der Waals surface area (Å²) in [6.07, 6.45) is 0. The highest BCUT2D eigenvalue weighted by molar-refractivity contribution is 7.92. The molecule has 0 saturated heterocycles. The molecule has 0 radical (unpaired) electrons. The first-order valence-electron chi connectivity index (χ1n) is 7.01. The number of halogens is 2. The van der Waals surface area contributed by atoms with E-state index in [1.807, 2.05) is 0 Å². The van der Waals surface area contributed by atoms with Gasteiger partial charge in [-0.2, -0.15) is 0 Å². The van der Waals surface area contributed by atoms with Crippen LogP contribution in [0.5, 0.6) is 0 Å². The fourth-order valence-electron chi connectivity index (χ4n) is 2.39. The minimum absolute atomic E-state index is 0.198. The Morgan fingerprint density at radius 1 is 0.920 bits per heavy atom. The van der Waals surface area contributed by atoms with Crippen LogP contribution in [-0.2, 0) is 10.0 Å². The van der Waals surface area contributed by atoms with Crippen molar-refractivity contribution in [1.82, 2.24) is 0 Å². The Morgan fingerprint density at radius 2 is 1.48 bits per heavy atom. The van der Waals surface area contributed by atoms with Crippen LogP contribution < -0.4 is 4.72 Å². The van der Waals surface area contributed by atoms with Crippen molar-refractivity contribution in [2.45, 2.75) is 4.90 Å². The summed E-state index contributed by atoms with van der Waals surface area (Å²) < 4.78 is 53.4. The van der Waals surface area contributed by atoms with Crippen LogP contribution in [0.1, 0.15) is 10.4 Å². The molecule has 8 heteroatoms. The van der Waals surface area contributed by atoms with Gasteiger partial charge in [0.2, 0.25) is 0 Å². The van der Waals surface area contributed by atoms with Gasteiger partial charge in [0.1, 0.15) is 11.6 Å². The second-order valence-corrected chi connectivity index (χ2v) is 6.94. The molecule has 3 aromatic carbocycles. The highest BCUT2D eigenvalue weighted by Crippen LogP contribution is 2.27. The Morgan fingerprint density at radius 3 is 2.04 bits per heavy atom. The number of benzene rings is 3. The van der Waals surface area contributed by atoms with E-state index in [9.17, 15) is 27.1 Å². The van der Waals surface area contributed by atoms with Gasteiger partial charge in [-0.25, -0.2) is 22.0 Å². The van der Waals surface area contributed by atoms with E-state index in [0.717, 1.165) is 0 Å². The number of nitrogens with one attached hydrogen (secondary N) is 1. The number of hydrogen-bond donors (Lipinski definition) is 2. The van der Waals surface area contributed by atoms with Crippen molar-refractivity contribution in [1.29, 1.82) is 0 Å². The molecule has 0 fully saturated rings. The van der Waals surface area contributed by atoms with E-state index >= 15 is 0 Å². The molecular weight excluding hydrogens is 352 g/mol. The Kier molecular flexibility index (Phi) is 4.13. The molecule has 0 spiro atoms. The van der Waals surface area contributed by atoms with E-state index in [1.54, 1.807) is 24.3 Å². The third kappa shape index (κ3) is 3.43. The van der Waals surface area contributed by atoms with Gasteiger partial charge in [-0.05, 0) is 35.0 Å². The van der Waals surface area contributed by atoms with Gasteiger partial charge in [0.25, 0.3) is 10.0 Å². The molecular formula is C17H11F2NO4S. The lowest BCUT2D eigenvalue weighted by Gasteiger charge is -2.12. The molecule has 3 aromatic rings. The fraction of sp³-hybridized carbons (Fsp3) is 0. The van der Waals surface area contributed by atoms with Crippen LogP contribution in [0.25, 0.3) is 10.8 Å². The number of sulfonamides is 1. The minimum Gasteiger partial charge on any atom is -0.478 e. The van der Waals surface area contributed by atoms with Crippen LogP contribution in [0.3, 0.4) is 0 Å². The number of rotatable bonds is 4. The second kappa shape index (κ2) is 6.14. The zero-order valence-electron chi connectivity index (χ0n) is 12.5. The number of hydrogen-bond acceptors (Lipinski definition) is 3. The highest BCUT2D eigenvalue weighted by atomic mass is 32.2. The number of fused-ring (bicyclic) bond motifs is 1. The Bertz CT molecular complexity index is 1080. The van der Waals surface area contributed by atoms with Crippen LogP contribution in [-0.4, -0.2) is 19.5 Å². The maximum Gasteiger partial charge on any atom is 0.337 e. The molecule has 0 aliphatic carbocycles. The summed E-state index contributed by atoms with van der Waals surface area (Å²) >= 11 is 0. The number of carboxylic acid groups (broad SMARTS) is 1. The molecule has 0 unspecified atom stereocenters. The van der Waals surface area contributed by atoms with Gasteiger partial charge in [0, 0.05) is 6.07 Å². The van der Waals surface area contributed by atoms with Crippen molar-refractivity contribution in [2.75, 3.05) is 4.72 Å². The van der Waals surface area contributed by atoms with E-state index in [-0.39, 0.29) is 11.3 Å². The topological polar surface area (TPSA) is 83.5 Å². The monoisotopic (exact) mass is 363 g/mol. The lowest BCUT2D eigenvalue weighted by atomic mass is 10.1. The largest absolute Gasteiger partial charge is 0.478 e. The van der Waals surface area contributed by atoms with Crippen molar-refractivity contribution in [2.24, 2.45) is 0 Å². The molecule has 2 N–H and O–H groups in total. The number of carboxylic acids is 1. The molecule has 5 nitrogen and oxygen atoms in total. The highest BCUT2D eigenvalue weighted by Gasteiger charge is 2.20. The van der Waals surface area contributed by atoms with Crippen LogP contribution in [0.4, 0.5) is 14.5 Å². The minimum atomic E-state index is -4.38. The van der Waals surface area contributed by atoms with Crippen molar-refractivity contribution in [3.05, 3.63) is 71.8 Å². The first-order valence-corrected chi connectivity index (χ1v) is 8.49. The second-order valence-electron chi connectivity index (χ2n) is 5.26. The summed E-state index contributed by atoms with van der Waals surface area (Å²) in [4.78, 5) is 10.8. The molecule has 0 bridgehead atoms. The molecule has 0 aliphatic rings. The van der Waals surface area contributed by atoms with E-state index in [1.165, 1.54) is 12.1 Å². The summed E-state index contributed by atoms with van der Waals surface area (Å²) in [6.45, 7) is 0. The molecule has 0 heterocycles. The average Bonchev–Trinajstić information content (AvgIpc) is 2.52. The van der Waals surface area contributed by atoms with Crippen LogP contribution in [0.2, 0.25) is 0 Å². The van der Waals surface area contributed by atoms with E-state index in [2.05, 4.69) is 4.72 Å². The smallest absolute Gasteiger partial charge is 0.337 e. The SMILES string of the molecule is O=C(O)c1cc2ccccc2cc1NS(=O)(=O)c1cc(F)cc(F)c1. The molecule has 0 aromatic heterocycles. The first kappa shape index (κ1) is 16.8. The molecule has 0 saturated carbocycles. The summed E-state index contributed by atoms with van der Waals surface area (Å²) in [5.74, 6) is -3.46. The predicted molar refractivity (Wildman–Crippen MR) is 88.1 cm³/mol. The Labute approximate surface area is 141 Å². The maximum absolute atomic E-state index is 13.3. The predicted octanol–water partition coefficient (Wildman–Crippen LogP) is 3.62. The standard InChI is InChI=1S/C17H11F2NO4S/c18-12-7-13(19)9-14(8-12)25(23,24)20-16-6-11-4-2-1-3-10(11)5-15(16)17(21)22/h1-9,20H,(H,21,22). The molecule has 0 amide bonds. The number of anilines is 1. The average molecular weight is 363 g/mol. The Balaban J connectivity index is 2.12. The third-order valence-corrected chi connectivity index (χ3v) is 4.85. The van der Waals surface area contributed by atoms with Gasteiger partial charge in [-0.1, -0.05) is 24.3 Å². The zero-order chi connectivity index (χ0) is 18.2. The first-order chi connectivity index (χ1) is 11.8. The zero-order valence-corrected chi connectivity index (χ0v) is 13.3. The summed E-state index contributed by atoms with van der Waals surface area (Å²) in [5, 5.41) is 10.5. The quantitative estimate of drug-likeness (QED) is 0.742. The molecule has 0 aliphatic heterocycles. The van der Waals surface area contributed by atoms with Gasteiger partial charge in [0.05, 0.1) is 16.1 Å². The maximum atomic E-state index is 13.3. The van der Waals surface area contributed by atoms with Gasteiger partial charge in [-0.15, -0.1) is 0 Å². The van der Waals surface area contributed by atoms with Crippen molar-refractivity contribution >= 4 is 32.5 Å².